The first-order valence-electron chi connectivity index (χ1n) is 5.75. The van der Waals surface area contributed by atoms with Gasteiger partial charge in [0.1, 0.15) is 12.9 Å². The van der Waals surface area contributed by atoms with Gasteiger partial charge in [-0.3, -0.25) is 0 Å². The van der Waals surface area contributed by atoms with E-state index in [1.807, 2.05) is 30.3 Å². The molecule has 0 radical (unpaired) electrons. The first-order chi connectivity index (χ1) is 9.00. The van der Waals surface area contributed by atoms with Crippen LogP contribution in [0.4, 0.5) is 0 Å². The second kappa shape index (κ2) is 7.16. The Labute approximate surface area is 112 Å². The average Bonchev–Trinajstić information content (AvgIpc) is 2.42. The quantitative estimate of drug-likeness (QED) is 0.464. The number of benzene rings is 1. The van der Waals surface area contributed by atoms with Gasteiger partial charge < -0.3 is 9.47 Å². The van der Waals surface area contributed by atoms with Crippen molar-refractivity contribution in [1.82, 2.24) is 0 Å². The first kappa shape index (κ1) is 14.7. The number of ether oxygens (including phenoxy) is 2. The third-order valence-corrected chi connectivity index (χ3v) is 2.23. The highest BCUT2D eigenvalue weighted by Crippen LogP contribution is 2.05. The van der Waals surface area contributed by atoms with Crippen molar-refractivity contribution < 1.29 is 19.1 Å². The molecule has 0 fully saturated rings. The van der Waals surface area contributed by atoms with E-state index in [1.54, 1.807) is 0 Å². The Balaban J connectivity index is 2.47. The maximum absolute atomic E-state index is 11.6. The van der Waals surface area contributed by atoms with Crippen molar-refractivity contribution in [3.8, 4) is 0 Å². The minimum absolute atomic E-state index is 0.180. The van der Waals surface area contributed by atoms with Crippen LogP contribution in [0.25, 0.3) is 0 Å². The molecule has 0 saturated heterocycles. The summed E-state index contributed by atoms with van der Waals surface area (Å²) in [5.41, 5.74) is 1.37. The van der Waals surface area contributed by atoms with E-state index in [9.17, 15) is 9.59 Å². The Morgan fingerprint density at radius 3 is 2.37 bits per heavy atom. The predicted molar refractivity (Wildman–Crippen MR) is 70.9 cm³/mol. The summed E-state index contributed by atoms with van der Waals surface area (Å²) in [6.45, 7) is 6.65. The summed E-state index contributed by atoms with van der Waals surface area (Å²) >= 11 is 0. The number of hydrogen-bond donors (Lipinski definition) is 0. The van der Waals surface area contributed by atoms with E-state index in [1.165, 1.54) is 13.8 Å². The highest BCUT2D eigenvalue weighted by molar-refractivity contribution is 5.90. The van der Waals surface area contributed by atoms with Gasteiger partial charge in [0.15, 0.2) is 0 Å². The minimum atomic E-state index is -0.574. The van der Waals surface area contributed by atoms with E-state index in [4.69, 9.17) is 9.47 Å². The van der Waals surface area contributed by atoms with Gasteiger partial charge in [0.25, 0.3) is 0 Å². The van der Waals surface area contributed by atoms with Gasteiger partial charge in [-0.2, -0.15) is 0 Å². The molecule has 0 spiro atoms. The Morgan fingerprint density at radius 2 is 1.79 bits per heavy atom. The fourth-order valence-corrected chi connectivity index (χ4v) is 1.13. The standard InChI is InChI=1S/C15H16O4/c1-11(2)14(16)18-9-12(3)15(17)19-10-13-7-5-4-6-8-13/h4-9H,1,10H2,2-3H3. The molecular weight excluding hydrogens is 244 g/mol. The van der Waals surface area contributed by atoms with Gasteiger partial charge in [-0.15, -0.1) is 0 Å². The van der Waals surface area contributed by atoms with Gasteiger partial charge >= 0.3 is 11.9 Å². The van der Waals surface area contributed by atoms with Crippen molar-refractivity contribution in [3.05, 3.63) is 59.9 Å². The summed E-state index contributed by atoms with van der Waals surface area (Å²) in [6.07, 6.45) is 1.07. The molecule has 100 valence electrons. The SMILES string of the molecule is C=C(C)C(=O)OC=C(C)C(=O)OCc1ccccc1. The summed E-state index contributed by atoms with van der Waals surface area (Å²) in [5.74, 6) is -1.10. The molecule has 1 aromatic carbocycles. The number of carbonyl (C=O) groups excluding carboxylic acids is 2. The smallest absolute Gasteiger partial charge is 0.337 e. The second-order valence-electron chi connectivity index (χ2n) is 4.05. The van der Waals surface area contributed by atoms with Crippen molar-refractivity contribution in [2.24, 2.45) is 0 Å². The molecule has 4 nitrogen and oxygen atoms in total. The van der Waals surface area contributed by atoms with Crippen LogP contribution in [0.3, 0.4) is 0 Å². The second-order valence-corrected chi connectivity index (χ2v) is 4.05. The lowest BCUT2D eigenvalue weighted by Gasteiger charge is -2.05. The normalized spacial score (nSPS) is 10.7. The Bertz CT molecular complexity index is 500. The molecule has 0 heterocycles. The fraction of sp³-hybridized carbons (Fsp3) is 0.200. The van der Waals surface area contributed by atoms with Crippen LogP contribution in [0.5, 0.6) is 0 Å². The van der Waals surface area contributed by atoms with Gasteiger partial charge in [0, 0.05) is 5.57 Å². The maximum atomic E-state index is 11.6. The van der Waals surface area contributed by atoms with E-state index in [-0.39, 0.29) is 17.8 Å². The van der Waals surface area contributed by atoms with Crippen molar-refractivity contribution in [3.63, 3.8) is 0 Å². The zero-order valence-electron chi connectivity index (χ0n) is 11.0. The third kappa shape index (κ3) is 5.21. The maximum Gasteiger partial charge on any atom is 0.337 e. The van der Waals surface area contributed by atoms with Crippen LogP contribution in [0, 0.1) is 0 Å². The molecular formula is C15H16O4. The average molecular weight is 260 g/mol. The Kier molecular flexibility index (Phi) is 5.54. The molecule has 0 aliphatic carbocycles. The highest BCUT2D eigenvalue weighted by atomic mass is 16.5. The molecule has 0 aliphatic heterocycles. The topological polar surface area (TPSA) is 52.6 Å². The van der Waals surface area contributed by atoms with Gasteiger partial charge in [-0.25, -0.2) is 9.59 Å². The van der Waals surface area contributed by atoms with Crippen LogP contribution in [0.1, 0.15) is 19.4 Å². The number of hydrogen-bond acceptors (Lipinski definition) is 4. The van der Waals surface area contributed by atoms with Crippen LogP contribution in [-0.4, -0.2) is 11.9 Å². The van der Waals surface area contributed by atoms with Gasteiger partial charge in [0.2, 0.25) is 0 Å². The Hall–Kier alpha value is -2.36. The van der Waals surface area contributed by atoms with Gasteiger partial charge in [-0.05, 0) is 19.4 Å². The minimum Gasteiger partial charge on any atom is -0.457 e. The molecule has 0 aliphatic rings. The van der Waals surface area contributed by atoms with E-state index in [0.29, 0.717) is 0 Å². The van der Waals surface area contributed by atoms with Gasteiger partial charge in [0.05, 0.1) is 5.57 Å². The Morgan fingerprint density at radius 1 is 1.16 bits per heavy atom. The largest absolute Gasteiger partial charge is 0.457 e. The summed E-state index contributed by atoms with van der Waals surface area (Å²) in [7, 11) is 0. The first-order valence-corrected chi connectivity index (χ1v) is 5.75. The monoisotopic (exact) mass is 260 g/mol. The summed E-state index contributed by atoms with van der Waals surface area (Å²) in [5, 5.41) is 0. The molecule has 0 N–H and O–H groups in total. The van der Waals surface area contributed by atoms with Crippen molar-refractivity contribution in [2.45, 2.75) is 20.5 Å². The van der Waals surface area contributed by atoms with Crippen LogP contribution >= 0.6 is 0 Å². The van der Waals surface area contributed by atoms with Crippen LogP contribution in [0.15, 0.2) is 54.3 Å². The lowest BCUT2D eigenvalue weighted by molar-refractivity contribution is -0.140. The number of rotatable bonds is 5. The van der Waals surface area contributed by atoms with E-state index < -0.39 is 11.9 Å². The van der Waals surface area contributed by atoms with Gasteiger partial charge in [-0.1, -0.05) is 36.9 Å². The molecule has 0 amide bonds. The lowest BCUT2D eigenvalue weighted by Crippen LogP contribution is -2.08. The summed E-state index contributed by atoms with van der Waals surface area (Å²) < 4.78 is 9.80. The van der Waals surface area contributed by atoms with E-state index in [0.717, 1.165) is 11.8 Å². The van der Waals surface area contributed by atoms with Crippen molar-refractivity contribution in [1.29, 1.82) is 0 Å². The molecule has 19 heavy (non-hydrogen) atoms. The molecule has 1 rings (SSSR count). The van der Waals surface area contributed by atoms with Crippen molar-refractivity contribution >= 4 is 11.9 Å². The predicted octanol–water partition coefficient (Wildman–Crippen LogP) is 2.75. The molecule has 4 heteroatoms. The van der Waals surface area contributed by atoms with Crippen LogP contribution in [0.2, 0.25) is 0 Å². The summed E-state index contributed by atoms with van der Waals surface area (Å²) in [4.78, 5) is 22.7. The van der Waals surface area contributed by atoms with Crippen LogP contribution in [-0.2, 0) is 25.7 Å². The molecule has 0 atom stereocenters. The molecule has 0 bridgehead atoms. The number of carbonyl (C=O) groups is 2. The highest BCUT2D eigenvalue weighted by Gasteiger charge is 2.08. The zero-order chi connectivity index (χ0) is 14.3. The number of esters is 2. The van der Waals surface area contributed by atoms with E-state index in [2.05, 4.69) is 6.58 Å². The van der Waals surface area contributed by atoms with Crippen LogP contribution < -0.4 is 0 Å². The molecule has 0 aromatic heterocycles. The zero-order valence-corrected chi connectivity index (χ0v) is 11.0. The molecule has 0 saturated carbocycles. The molecule has 1 aromatic rings. The van der Waals surface area contributed by atoms with E-state index >= 15 is 0 Å². The molecule has 0 unspecified atom stereocenters. The lowest BCUT2D eigenvalue weighted by atomic mass is 10.2. The third-order valence-electron chi connectivity index (χ3n) is 2.23. The summed E-state index contributed by atoms with van der Waals surface area (Å²) in [6, 6.07) is 9.31. The van der Waals surface area contributed by atoms with Crippen molar-refractivity contribution in [2.75, 3.05) is 0 Å². The fourth-order valence-electron chi connectivity index (χ4n) is 1.13.